The molecule has 0 radical (unpaired) electrons. The molecule has 6 aliphatic rings. The molecule has 0 amide bonds. The monoisotopic (exact) mass is 593 g/mol. The number of hydrogen-bond donors (Lipinski definition) is 1. The second-order valence-corrected chi connectivity index (χ2v) is 17.0. The highest BCUT2D eigenvalue weighted by atomic mass is 32.2. The van der Waals surface area contributed by atoms with E-state index in [9.17, 15) is 18.3 Å². The van der Waals surface area contributed by atoms with Crippen LogP contribution in [0.1, 0.15) is 79.1 Å². The van der Waals surface area contributed by atoms with E-state index in [4.69, 9.17) is 4.74 Å². The fourth-order valence-corrected chi connectivity index (χ4v) is 10.2. The van der Waals surface area contributed by atoms with E-state index in [0.717, 1.165) is 44.2 Å². The van der Waals surface area contributed by atoms with E-state index in [1.165, 1.54) is 11.1 Å². The second-order valence-electron chi connectivity index (χ2n) is 14.7. The molecule has 0 aromatic rings. The van der Waals surface area contributed by atoms with Gasteiger partial charge in [-0.3, -0.25) is 4.79 Å². The van der Waals surface area contributed by atoms with Gasteiger partial charge in [-0.2, -0.15) is 0 Å². The number of methoxy groups -OCH3 is 1. The summed E-state index contributed by atoms with van der Waals surface area (Å²) in [6, 6.07) is 0. The molecule has 6 atom stereocenters. The van der Waals surface area contributed by atoms with Crippen LogP contribution in [0.4, 0.5) is 0 Å². The number of sulfone groups is 1. The first-order valence-electron chi connectivity index (χ1n) is 15.8. The zero-order valence-electron chi connectivity index (χ0n) is 26.0. The van der Waals surface area contributed by atoms with Crippen LogP contribution in [0.5, 0.6) is 0 Å². The zero-order valence-corrected chi connectivity index (χ0v) is 26.8. The van der Waals surface area contributed by atoms with Gasteiger partial charge < -0.3 is 14.7 Å². The molecule has 6 nitrogen and oxygen atoms in total. The van der Waals surface area contributed by atoms with Gasteiger partial charge in [-0.25, -0.2) is 8.42 Å². The summed E-state index contributed by atoms with van der Waals surface area (Å²) in [7, 11) is -1.27. The molecule has 1 aliphatic heterocycles. The Morgan fingerprint density at radius 3 is 2.52 bits per heavy atom. The lowest BCUT2D eigenvalue weighted by Gasteiger charge is -2.57. The summed E-state index contributed by atoms with van der Waals surface area (Å²) in [6.07, 6.45) is 15.5. The molecule has 5 aliphatic carbocycles. The standard InChI is InChI=1S/C35H47NO5S/c1-32(2,41-5)16-17-35(38)15-12-29-28-8-6-24-22-26(37)7-9-27(24)31(28)30(23-34(29,35)4)33(3)13-10-25(11-14-33)36-18-20-42(39,40)21-19-36/h10-11,13,22,28-30,38H,6-9,12,14-15,18-21,23H2,1-5H3/t28-,29-,30-,33?,34-,35+/m0/s1. The number of carbonyl (C=O) groups excluding carboxylic acids is 1. The molecule has 3 fully saturated rings. The van der Waals surface area contributed by atoms with Crippen molar-refractivity contribution >= 4 is 15.6 Å². The predicted molar refractivity (Wildman–Crippen MR) is 165 cm³/mol. The zero-order chi connectivity index (χ0) is 30.1. The van der Waals surface area contributed by atoms with E-state index in [1.54, 1.807) is 12.7 Å². The van der Waals surface area contributed by atoms with Gasteiger partial charge in [-0.1, -0.05) is 43.4 Å². The van der Waals surface area contributed by atoms with Gasteiger partial charge in [0.25, 0.3) is 0 Å². The molecule has 0 aromatic heterocycles. The minimum absolute atomic E-state index is 0.160. The van der Waals surface area contributed by atoms with Crippen molar-refractivity contribution in [2.45, 2.75) is 90.3 Å². The SMILES string of the molecule is COC(C)(C)C#C[C@]1(O)CC[C@H]2[C@@H]3CCC4=CC(=O)CCC4=C3[C@@H](C3(C)C=CC(N4CCS(=O)(=O)CC4)=CC3)C[C@@]21C. The molecule has 2 saturated carbocycles. The van der Waals surface area contributed by atoms with Gasteiger partial charge in [0.2, 0.25) is 0 Å². The number of allylic oxidation sites excluding steroid dienone is 7. The van der Waals surface area contributed by atoms with Crippen LogP contribution < -0.4 is 0 Å². The maximum Gasteiger partial charge on any atom is 0.156 e. The van der Waals surface area contributed by atoms with Gasteiger partial charge >= 0.3 is 0 Å². The van der Waals surface area contributed by atoms with Crippen LogP contribution >= 0.6 is 0 Å². The lowest BCUT2D eigenvalue weighted by Crippen LogP contribution is -2.54. The lowest BCUT2D eigenvalue weighted by molar-refractivity contribution is -0.114. The lowest BCUT2D eigenvalue weighted by atomic mass is 9.47. The van der Waals surface area contributed by atoms with Gasteiger partial charge in [0.15, 0.2) is 15.6 Å². The number of ketones is 1. The van der Waals surface area contributed by atoms with E-state index < -0.39 is 21.0 Å². The molecule has 7 heteroatoms. The Labute approximate surface area is 252 Å². The summed E-state index contributed by atoms with van der Waals surface area (Å²) in [5, 5.41) is 12.3. The number of fused-ring (bicyclic) bond motifs is 4. The van der Waals surface area contributed by atoms with E-state index in [2.05, 4.69) is 48.8 Å². The number of carbonyl (C=O) groups is 1. The molecule has 1 unspecified atom stereocenters. The summed E-state index contributed by atoms with van der Waals surface area (Å²) in [4.78, 5) is 14.6. The second kappa shape index (κ2) is 10.2. The van der Waals surface area contributed by atoms with Gasteiger partial charge in [0.1, 0.15) is 11.2 Å². The highest BCUT2D eigenvalue weighted by Crippen LogP contribution is 2.67. The molecule has 1 N–H and O–H groups in total. The summed E-state index contributed by atoms with van der Waals surface area (Å²) >= 11 is 0. The van der Waals surface area contributed by atoms with Crippen molar-refractivity contribution in [3.05, 3.63) is 46.7 Å². The molecule has 1 saturated heterocycles. The summed E-state index contributed by atoms with van der Waals surface area (Å²) in [6.45, 7) is 9.62. The van der Waals surface area contributed by atoms with Crippen LogP contribution in [0.15, 0.2) is 46.7 Å². The molecule has 228 valence electrons. The third-order valence-electron chi connectivity index (χ3n) is 11.9. The molecule has 6 rings (SSSR count). The van der Waals surface area contributed by atoms with E-state index in [-0.39, 0.29) is 34.0 Å². The predicted octanol–water partition coefficient (Wildman–Crippen LogP) is 5.16. The summed E-state index contributed by atoms with van der Waals surface area (Å²) in [5.41, 5.74) is 3.09. The number of ether oxygens (including phenoxy) is 1. The van der Waals surface area contributed by atoms with E-state index in [0.29, 0.717) is 37.8 Å². The fraction of sp³-hybridized carbons (Fsp3) is 0.686. The van der Waals surface area contributed by atoms with Crippen molar-refractivity contribution in [1.82, 2.24) is 4.90 Å². The van der Waals surface area contributed by atoms with Crippen LogP contribution in [-0.4, -0.2) is 67.1 Å². The quantitative estimate of drug-likeness (QED) is 0.456. The number of rotatable bonds is 3. The maximum absolute atomic E-state index is 12.4. The Bertz CT molecular complexity index is 1460. The van der Waals surface area contributed by atoms with Crippen molar-refractivity contribution in [3.8, 4) is 11.8 Å². The minimum Gasteiger partial charge on any atom is -0.377 e. The highest BCUT2D eigenvalue weighted by Gasteiger charge is 2.64. The van der Waals surface area contributed by atoms with Crippen molar-refractivity contribution in [2.24, 2.45) is 28.6 Å². The van der Waals surface area contributed by atoms with Crippen LogP contribution in [0.25, 0.3) is 0 Å². The maximum atomic E-state index is 12.4. The molecular weight excluding hydrogens is 546 g/mol. The Hall–Kier alpha value is -2.14. The number of nitrogens with zero attached hydrogens (tertiary/aromatic N) is 1. The van der Waals surface area contributed by atoms with E-state index >= 15 is 0 Å². The molecule has 42 heavy (non-hydrogen) atoms. The molecule has 0 bridgehead atoms. The van der Waals surface area contributed by atoms with Crippen LogP contribution in [0.2, 0.25) is 0 Å². The van der Waals surface area contributed by atoms with E-state index in [1.807, 2.05) is 19.9 Å². The van der Waals surface area contributed by atoms with Gasteiger partial charge in [-0.05, 0) is 105 Å². The third kappa shape index (κ3) is 4.96. The number of aliphatic hydroxyl groups is 1. The first-order chi connectivity index (χ1) is 19.7. The Morgan fingerprint density at radius 1 is 1.12 bits per heavy atom. The van der Waals surface area contributed by atoms with Crippen LogP contribution in [0.3, 0.4) is 0 Å². The van der Waals surface area contributed by atoms with Crippen molar-refractivity contribution in [2.75, 3.05) is 31.7 Å². The smallest absolute Gasteiger partial charge is 0.156 e. The van der Waals surface area contributed by atoms with Crippen molar-refractivity contribution in [3.63, 3.8) is 0 Å². The molecule has 0 spiro atoms. The van der Waals surface area contributed by atoms with Crippen molar-refractivity contribution in [1.29, 1.82) is 0 Å². The van der Waals surface area contributed by atoms with Crippen LogP contribution in [-0.2, 0) is 19.4 Å². The topological polar surface area (TPSA) is 83.9 Å². The fourth-order valence-electron chi connectivity index (χ4n) is 8.97. The van der Waals surface area contributed by atoms with Gasteiger partial charge in [0, 0.05) is 37.7 Å². The Morgan fingerprint density at radius 2 is 1.86 bits per heavy atom. The molecule has 0 aromatic carbocycles. The Kier molecular flexibility index (Phi) is 7.27. The minimum atomic E-state index is -2.94. The average molecular weight is 594 g/mol. The highest BCUT2D eigenvalue weighted by molar-refractivity contribution is 7.91. The third-order valence-corrected chi connectivity index (χ3v) is 13.5. The largest absolute Gasteiger partial charge is 0.377 e. The number of hydrogen-bond acceptors (Lipinski definition) is 6. The average Bonchev–Trinajstić information content (AvgIpc) is 3.22. The summed E-state index contributed by atoms with van der Waals surface area (Å²) < 4.78 is 29.6. The van der Waals surface area contributed by atoms with Crippen LogP contribution in [0, 0.1) is 40.4 Å². The van der Waals surface area contributed by atoms with Gasteiger partial charge in [-0.15, -0.1) is 0 Å². The molecular formula is C35H47NO5S. The molecule has 1 heterocycles. The first kappa shape index (κ1) is 29.9. The normalized spacial score (nSPS) is 39.4. The van der Waals surface area contributed by atoms with Crippen molar-refractivity contribution < 1.29 is 23.1 Å². The summed E-state index contributed by atoms with van der Waals surface area (Å²) in [5.74, 6) is 8.24. The van der Waals surface area contributed by atoms with Gasteiger partial charge in [0.05, 0.1) is 11.5 Å². The Balaban J connectivity index is 1.39. The first-order valence-corrected chi connectivity index (χ1v) is 17.6.